The number of benzene rings is 3. The smallest absolute Gasteiger partial charge is 0.274 e. The molecule has 0 saturated heterocycles. The molecule has 0 atom stereocenters. The lowest BCUT2D eigenvalue weighted by atomic mass is 10.0. The number of nitrogens with zero attached hydrogens (tertiary/aromatic N) is 1. The summed E-state index contributed by atoms with van der Waals surface area (Å²) in [4.78, 5) is 30.9. The number of hydroxylamine groups is 2. The van der Waals surface area contributed by atoms with Gasteiger partial charge in [0, 0.05) is 17.7 Å². The van der Waals surface area contributed by atoms with E-state index in [9.17, 15) is 9.59 Å². The Bertz CT molecular complexity index is 1020. The Balaban J connectivity index is 1.57. The van der Waals surface area contributed by atoms with Crippen LogP contribution < -0.4 is 11.0 Å². The molecule has 3 aromatic rings. The molecule has 3 N–H and O–H groups in total. The molecule has 0 aliphatic heterocycles. The highest BCUT2D eigenvalue weighted by molar-refractivity contribution is 5.97. The van der Waals surface area contributed by atoms with Gasteiger partial charge in [-0.3, -0.25) is 19.6 Å². The summed E-state index contributed by atoms with van der Waals surface area (Å²) in [6, 6.07) is 18.2. The molecule has 0 aliphatic carbocycles. The van der Waals surface area contributed by atoms with Crippen LogP contribution in [0.4, 0.5) is 0 Å². The van der Waals surface area contributed by atoms with E-state index in [0.29, 0.717) is 5.56 Å². The van der Waals surface area contributed by atoms with Crippen LogP contribution in [0.15, 0.2) is 60.7 Å². The van der Waals surface area contributed by atoms with E-state index in [1.54, 1.807) is 0 Å². The Labute approximate surface area is 168 Å². The molecule has 0 aromatic heterocycles. The first-order valence-corrected chi connectivity index (χ1v) is 9.09. The van der Waals surface area contributed by atoms with Crippen molar-refractivity contribution in [1.82, 2.24) is 15.9 Å². The fourth-order valence-corrected chi connectivity index (χ4v) is 2.98. The number of hydrogen-bond donors (Lipinski definition) is 3. The molecule has 0 fully saturated rings. The van der Waals surface area contributed by atoms with Gasteiger partial charge in [-0.25, -0.2) is 11.0 Å². The van der Waals surface area contributed by atoms with Crippen LogP contribution in [0.1, 0.15) is 31.8 Å². The molecule has 0 aliphatic rings. The van der Waals surface area contributed by atoms with Gasteiger partial charge in [-0.15, -0.1) is 0 Å². The normalized spacial score (nSPS) is 10.9. The maximum absolute atomic E-state index is 12.1. The van der Waals surface area contributed by atoms with Gasteiger partial charge in [-0.05, 0) is 72.4 Å². The maximum Gasteiger partial charge on any atom is 0.274 e. The van der Waals surface area contributed by atoms with Crippen LogP contribution in [0, 0.1) is 0 Å². The Morgan fingerprint density at radius 1 is 0.862 bits per heavy atom. The monoisotopic (exact) mass is 393 g/mol. The van der Waals surface area contributed by atoms with Crippen molar-refractivity contribution < 1.29 is 19.6 Å². The minimum Gasteiger partial charge on any atom is -0.305 e. The van der Waals surface area contributed by atoms with E-state index in [-0.39, 0.29) is 12.2 Å². The quantitative estimate of drug-likeness (QED) is 0.424. The standard InChI is InChI=1S/C22H23N3O4/c1-25(2)13-15-3-5-20-12-16(4-6-19(20)11-15)14-29-24-22(27)18-9-7-17(8-10-18)21(26)23-28/h3-12,28H,13-14H2,1-2H3,(H,23,26)(H,24,27). The third-order valence-electron chi connectivity index (χ3n) is 4.38. The van der Waals surface area contributed by atoms with Crippen LogP contribution >= 0.6 is 0 Å². The molecular formula is C22H23N3O4. The summed E-state index contributed by atoms with van der Waals surface area (Å²) in [7, 11) is 4.08. The molecule has 150 valence electrons. The third kappa shape index (κ3) is 5.39. The summed E-state index contributed by atoms with van der Waals surface area (Å²) in [6.45, 7) is 1.12. The van der Waals surface area contributed by atoms with Crippen LogP contribution in [0.2, 0.25) is 0 Å². The van der Waals surface area contributed by atoms with E-state index in [0.717, 1.165) is 22.9 Å². The Kier molecular flexibility index (Phi) is 6.56. The zero-order valence-electron chi connectivity index (χ0n) is 16.3. The van der Waals surface area contributed by atoms with Gasteiger partial charge in [0.1, 0.15) is 0 Å². The van der Waals surface area contributed by atoms with Gasteiger partial charge in [0.15, 0.2) is 0 Å². The van der Waals surface area contributed by atoms with Crippen molar-refractivity contribution in [1.29, 1.82) is 0 Å². The molecule has 0 unspecified atom stereocenters. The van der Waals surface area contributed by atoms with E-state index in [4.69, 9.17) is 10.0 Å². The molecule has 0 heterocycles. The van der Waals surface area contributed by atoms with Crippen molar-refractivity contribution in [3.05, 3.63) is 82.9 Å². The number of carbonyl (C=O) groups excluding carboxylic acids is 2. The van der Waals surface area contributed by atoms with Crippen LogP contribution in [0.5, 0.6) is 0 Å². The lowest BCUT2D eigenvalue weighted by molar-refractivity contribution is 0.0234. The molecular weight excluding hydrogens is 370 g/mol. The zero-order valence-corrected chi connectivity index (χ0v) is 16.3. The van der Waals surface area contributed by atoms with E-state index in [2.05, 4.69) is 28.6 Å². The van der Waals surface area contributed by atoms with E-state index >= 15 is 0 Å². The Morgan fingerprint density at radius 3 is 2.00 bits per heavy atom. The maximum atomic E-state index is 12.1. The first kappa shape index (κ1) is 20.5. The van der Waals surface area contributed by atoms with Crippen LogP contribution in [0.3, 0.4) is 0 Å². The van der Waals surface area contributed by atoms with Gasteiger partial charge >= 0.3 is 0 Å². The summed E-state index contributed by atoms with van der Waals surface area (Å²) < 4.78 is 0. The molecule has 0 radical (unpaired) electrons. The second-order valence-corrected chi connectivity index (χ2v) is 6.99. The van der Waals surface area contributed by atoms with Gasteiger partial charge in [-0.2, -0.15) is 0 Å². The number of amides is 2. The SMILES string of the molecule is CN(C)Cc1ccc2cc(CONC(=O)c3ccc(C(=O)NO)cc3)ccc2c1. The minimum atomic E-state index is -0.640. The first-order chi connectivity index (χ1) is 14.0. The van der Waals surface area contributed by atoms with E-state index in [1.807, 2.05) is 32.3 Å². The Hall–Kier alpha value is -3.26. The second-order valence-electron chi connectivity index (χ2n) is 6.99. The number of hydrogen-bond acceptors (Lipinski definition) is 5. The van der Waals surface area contributed by atoms with Gasteiger partial charge in [0.05, 0.1) is 6.61 Å². The van der Waals surface area contributed by atoms with Crippen LogP contribution in [-0.4, -0.2) is 36.0 Å². The van der Waals surface area contributed by atoms with Crippen molar-refractivity contribution >= 4 is 22.6 Å². The molecule has 7 nitrogen and oxygen atoms in total. The summed E-state index contributed by atoms with van der Waals surface area (Å²) in [5.74, 6) is -1.06. The van der Waals surface area contributed by atoms with Crippen molar-refractivity contribution in [2.75, 3.05) is 14.1 Å². The fraction of sp³-hybridized carbons (Fsp3) is 0.182. The largest absolute Gasteiger partial charge is 0.305 e. The Morgan fingerprint density at radius 2 is 1.41 bits per heavy atom. The lowest BCUT2D eigenvalue weighted by Crippen LogP contribution is -2.24. The van der Waals surface area contributed by atoms with Gasteiger partial charge in [0.2, 0.25) is 0 Å². The predicted octanol–water partition coefficient (Wildman–Crippen LogP) is 2.88. The zero-order chi connectivity index (χ0) is 20.8. The summed E-state index contributed by atoms with van der Waals surface area (Å²) in [5.41, 5.74) is 6.71. The van der Waals surface area contributed by atoms with Crippen molar-refractivity contribution in [3.63, 3.8) is 0 Å². The topological polar surface area (TPSA) is 90.9 Å². The van der Waals surface area contributed by atoms with Crippen molar-refractivity contribution in [2.24, 2.45) is 0 Å². The molecule has 3 aromatic carbocycles. The third-order valence-corrected chi connectivity index (χ3v) is 4.38. The molecule has 3 rings (SSSR count). The highest BCUT2D eigenvalue weighted by Crippen LogP contribution is 2.19. The van der Waals surface area contributed by atoms with Gasteiger partial charge in [0.25, 0.3) is 11.8 Å². The highest BCUT2D eigenvalue weighted by atomic mass is 16.6. The van der Waals surface area contributed by atoms with Crippen LogP contribution in [-0.2, 0) is 18.0 Å². The summed E-state index contributed by atoms with van der Waals surface area (Å²) >= 11 is 0. The van der Waals surface area contributed by atoms with Gasteiger partial charge < -0.3 is 4.90 Å². The van der Waals surface area contributed by atoms with E-state index < -0.39 is 11.8 Å². The lowest BCUT2D eigenvalue weighted by Gasteiger charge is -2.11. The summed E-state index contributed by atoms with van der Waals surface area (Å²) in [6.07, 6.45) is 0. The number of nitrogens with one attached hydrogen (secondary N) is 2. The van der Waals surface area contributed by atoms with Gasteiger partial charge in [-0.1, -0.05) is 24.3 Å². The molecule has 0 spiro atoms. The van der Waals surface area contributed by atoms with Crippen LogP contribution in [0.25, 0.3) is 10.8 Å². The number of carbonyl (C=O) groups is 2. The molecule has 7 heteroatoms. The molecule has 0 saturated carbocycles. The second kappa shape index (κ2) is 9.29. The first-order valence-electron chi connectivity index (χ1n) is 9.09. The highest BCUT2D eigenvalue weighted by Gasteiger charge is 2.09. The molecule has 29 heavy (non-hydrogen) atoms. The minimum absolute atomic E-state index is 0.228. The number of fused-ring (bicyclic) bond motifs is 1. The van der Waals surface area contributed by atoms with E-state index in [1.165, 1.54) is 35.3 Å². The molecule has 2 amide bonds. The van der Waals surface area contributed by atoms with Crippen molar-refractivity contribution in [2.45, 2.75) is 13.2 Å². The fourth-order valence-electron chi connectivity index (χ4n) is 2.98. The number of rotatable bonds is 7. The predicted molar refractivity (Wildman–Crippen MR) is 109 cm³/mol. The average Bonchev–Trinajstić information content (AvgIpc) is 2.72. The summed E-state index contributed by atoms with van der Waals surface area (Å²) in [5, 5.41) is 10.9. The van der Waals surface area contributed by atoms with Crippen molar-refractivity contribution in [3.8, 4) is 0 Å². The molecule has 0 bridgehead atoms. The average molecular weight is 393 g/mol.